The standard InChI is InChI=1S/C17H19BrN4S/c1-4-9-22-12(3)19-11(2)16(22)15-10-23-17(21-15)20-14-7-5-13(18)6-8-14/h4-11,16H,1-3H3,(H,20,21)/b9-4-. The monoisotopic (exact) mass is 390 g/mol. The molecule has 1 aromatic heterocycles. The molecule has 1 aromatic carbocycles. The van der Waals surface area contributed by atoms with Crippen molar-refractivity contribution in [3.05, 3.63) is 52.1 Å². The summed E-state index contributed by atoms with van der Waals surface area (Å²) in [5, 5.41) is 6.38. The number of amidine groups is 1. The summed E-state index contributed by atoms with van der Waals surface area (Å²) in [6.07, 6.45) is 4.12. The number of aromatic nitrogens is 1. The van der Waals surface area contributed by atoms with Crippen LogP contribution in [-0.4, -0.2) is 21.8 Å². The third-order valence-corrected chi connectivity index (χ3v) is 5.06. The number of benzene rings is 1. The summed E-state index contributed by atoms with van der Waals surface area (Å²) in [7, 11) is 0. The van der Waals surface area contributed by atoms with Gasteiger partial charge in [-0.2, -0.15) is 0 Å². The minimum absolute atomic E-state index is 0.169. The molecule has 2 unspecified atom stereocenters. The van der Waals surface area contributed by atoms with E-state index in [1.807, 2.05) is 44.2 Å². The first-order valence-electron chi connectivity index (χ1n) is 7.52. The number of halogens is 1. The number of hydrogen-bond donors (Lipinski definition) is 1. The lowest BCUT2D eigenvalue weighted by Crippen LogP contribution is -2.26. The Labute approximate surface area is 149 Å². The Kier molecular flexibility index (Phi) is 4.82. The molecule has 1 aliphatic rings. The van der Waals surface area contributed by atoms with E-state index in [0.717, 1.165) is 26.8 Å². The van der Waals surface area contributed by atoms with Crippen LogP contribution in [0.5, 0.6) is 0 Å². The van der Waals surface area contributed by atoms with Gasteiger partial charge in [0.25, 0.3) is 0 Å². The van der Waals surface area contributed by atoms with Gasteiger partial charge in [-0.1, -0.05) is 22.0 Å². The molecule has 0 spiro atoms. The molecule has 0 radical (unpaired) electrons. The molecule has 6 heteroatoms. The van der Waals surface area contributed by atoms with E-state index < -0.39 is 0 Å². The van der Waals surface area contributed by atoms with Crippen LogP contribution < -0.4 is 5.32 Å². The quantitative estimate of drug-likeness (QED) is 0.764. The van der Waals surface area contributed by atoms with E-state index in [1.165, 1.54) is 0 Å². The maximum Gasteiger partial charge on any atom is 0.187 e. The summed E-state index contributed by atoms with van der Waals surface area (Å²) < 4.78 is 1.07. The fourth-order valence-electron chi connectivity index (χ4n) is 2.75. The van der Waals surface area contributed by atoms with Gasteiger partial charge in [0.1, 0.15) is 5.84 Å². The van der Waals surface area contributed by atoms with Crippen molar-refractivity contribution >= 4 is 43.9 Å². The van der Waals surface area contributed by atoms with Crippen LogP contribution in [-0.2, 0) is 0 Å². The van der Waals surface area contributed by atoms with Crippen LogP contribution in [0.3, 0.4) is 0 Å². The van der Waals surface area contributed by atoms with Crippen LogP contribution in [0.1, 0.15) is 32.5 Å². The van der Waals surface area contributed by atoms with E-state index in [1.54, 1.807) is 11.3 Å². The third kappa shape index (κ3) is 3.48. The lowest BCUT2D eigenvalue weighted by Gasteiger charge is -2.23. The van der Waals surface area contributed by atoms with Gasteiger partial charge in [0.2, 0.25) is 0 Å². The van der Waals surface area contributed by atoms with Crippen LogP contribution in [0, 0.1) is 0 Å². The second-order valence-corrected chi connectivity index (χ2v) is 7.23. The largest absolute Gasteiger partial charge is 0.332 e. The molecule has 0 saturated carbocycles. The zero-order valence-electron chi connectivity index (χ0n) is 13.3. The lowest BCUT2D eigenvalue weighted by molar-refractivity contribution is 0.395. The maximum atomic E-state index is 4.77. The molecule has 0 aliphatic carbocycles. The summed E-state index contributed by atoms with van der Waals surface area (Å²) in [4.78, 5) is 11.7. The third-order valence-electron chi connectivity index (χ3n) is 3.75. The molecular weight excluding hydrogens is 372 g/mol. The minimum atomic E-state index is 0.169. The Morgan fingerprint density at radius 3 is 2.74 bits per heavy atom. The number of nitrogens with one attached hydrogen (secondary N) is 1. The summed E-state index contributed by atoms with van der Waals surface area (Å²) in [5.41, 5.74) is 2.09. The van der Waals surface area contributed by atoms with Crippen molar-refractivity contribution in [2.45, 2.75) is 32.9 Å². The first-order valence-corrected chi connectivity index (χ1v) is 9.19. The van der Waals surface area contributed by atoms with E-state index in [4.69, 9.17) is 4.98 Å². The average Bonchev–Trinajstić information content (AvgIpc) is 3.07. The van der Waals surface area contributed by atoms with Crippen molar-refractivity contribution in [1.82, 2.24) is 9.88 Å². The molecule has 2 aromatic rings. The lowest BCUT2D eigenvalue weighted by atomic mass is 10.1. The van der Waals surface area contributed by atoms with Crippen molar-refractivity contribution < 1.29 is 0 Å². The highest BCUT2D eigenvalue weighted by molar-refractivity contribution is 9.10. The Bertz CT molecular complexity index is 735. The Morgan fingerprint density at radius 1 is 1.30 bits per heavy atom. The molecule has 2 atom stereocenters. The van der Waals surface area contributed by atoms with Crippen LogP contribution in [0.25, 0.3) is 0 Å². The molecule has 0 saturated heterocycles. The second kappa shape index (κ2) is 6.84. The van der Waals surface area contributed by atoms with Gasteiger partial charge < -0.3 is 10.2 Å². The average molecular weight is 391 g/mol. The van der Waals surface area contributed by atoms with Gasteiger partial charge in [-0.15, -0.1) is 11.3 Å². The topological polar surface area (TPSA) is 40.5 Å². The fraction of sp³-hybridized carbons (Fsp3) is 0.294. The van der Waals surface area contributed by atoms with E-state index in [9.17, 15) is 0 Å². The molecule has 1 N–H and O–H groups in total. The highest BCUT2D eigenvalue weighted by Crippen LogP contribution is 2.34. The Hall–Kier alpha value is -1.66. The highest BCUT2D eigenvalue weighted by atomic mass is 79.9. The van der Waals surface area contributed by atoms with Crippen molar-refractivity contribution in [2.75, 3.05) is 5.32 Å². The number of aliphatic imine (C=N–C) groups is 1. The number of hydrogen-bond acceptors (Lipinski definition) is 5. The minimum Gasteiger partial charge on any atom is -0.332 e. The van der Waals surface area contributed by atoms with Crippen molar-refractivity contribution in [1.29, 1.82) is 0 Å². The van der Waals surface area contributed by atoms with Crippen LogP contribution in [0.2, 0.25) is 0 Å². The van der Waals surface area contributed by atoms with Crippen LogP contribution in [0.15, 0.2) is 51.4 Å². The van der Waals surface area contributed by atoms with Gasteiger partial charge in [0, 0.05) is 21.7 Å². The van der Waals surface area contributed by atoms with Gasteiger partial charge >= 0.3 is 0 Å². The molecule has 120 valence electrons. The second-order valence-electron chi connectivity index (χ2n) is 5.46. The molecule has 4 nitrogen and oxygen atoms in total. The van der Waals surface area contributed by atoms with Gasteiger partial charge in [-0.25, -0.2) is 4.98 Å². The highest BCUT2D eigenvalue weighted by Gasteiger charge is 2.33. The summed E-state index contributed by atoms with van der Waals surface area (Å²) in [6.45, 7) is 6.21. The van der Waals surface area contributed by atoms with E-state index in [0.29, 0.717) is 0 Å². The molecule has 2 heterocycles. The predicted molar refractivity (Wildman–Crippen MR) is 102 cm³/mol. The molecule has 23 heavy (non-hydrogen) atoms. The molecule has 1 aliphatic heterocycles. The molecule has 3 rings (SSSR count). The first kappa shape index (κ1) is 16.2. The zero-order chi connectivity index (χ0) is 16.4. The van der Waals surface area contributed by atoms with Crippen molar-refractivity contribution in [3.8, 4) is 0 Å². The van der Waals surface area contributed by atoms with Crippen LogP contribution >= 0.6 is 27.3 Å². The normalized spacial score (nSPS) is 21.0. The van der Waals surface area contributed by atoms with Gasteiger partial charge in [-0.05, 0) is 45.0 Å². The number of thiazole rings is 1. The Morgan fingerprint density at radius 2 is 2.04 bits per heavy atom. The maximum absolute atomic E-state index is 4.77. The smallest absolute Gasteiger partial charge is 0.187 e. The number of nitrogens with zero attached hydrogens (tertiary/aromatic N) is 3. The van der Waals surface area contributed by atoms with Crippen molar-refractivity contribution in [2.24, 2.45) is 4.99 Å². The van der Waals surface area contributed by atoms with E-state index in [-0.39, 0.29) is 12.1 Å². The molecule has 0 amide bonds. The van der Waals surface area contributed by atoms with Crippen LogP contribution in [0.4, 0.5) is 10.8 Å². The zero-order valence-corrected chi connectivity index (χ0v) is 15.7. The predicted octanol–water partition coefficient (Wildman–Crippen LogP) is 5.35. The first-order chi connectivity index (χ1) is 11.1. The Balaban J connectivity index is 1.80. The van der Waals surface area contributed by atoms with E-state index >= 15 is 0 Å². The van der Waals surface area contributed by atoms with Crippen molar-refractivity contribution in [3.63, 3.8) is 0 Å². The summed E-state index contributed by atoms with van der Waals surface area (Å²) >= 11 is 5.07. The van der Waals surface area contributed by atoms with Gasteiger partial charge in [0.05, 0.1) is 17.8 Å². The SMILES string of the molecule is C/C=C\N1C(C)=NC(C)C1c1csc(Nc2ccc(Br)cc2)n1. The molecule has 0 bridgehead atoms. The fourth-order valence-corrected chi connectivity index (χ4v) is 3.78. The summed E-state index contributed by atoms with van der Waals surface area (Å²) in [5.74, 6) is 1.04. The van der Waals surface area contributed by atoms with E-state index in [2.05, 4.69) is 49.6 Å². The summed E-state index contributed by atoms with van der Waals surface area (Å²) in [6, 6.07) is 8.46. The number of allylic oxidation sites excluding steroid dienone is 1. The molecule has 0 fully saturated rings. The van der Waals surface area contributed by atoms with Gasteiger partial charge in [-0.3, -0.25) is 4.99 Å². The number of anilines is 2. The molecular formula is C17H19BrN4S. The van der Waals surface area contributed by atoms with Gasteiger partial charge in [0.15, 0.2) is 5.13 Å². The number of rotatable bonds is 4.